The second kappa shape index (κ2) is 9.08. The van der Waals surface area contributed by atoms with Crippen LogP contribution in [-0.4, -0.2) is 60.5 Å². The molecule has 27 heavy (non-hydrogen) atoms. The van der Waals surface area contributed by atoms with Crippen molar-refractivity contribution in [3.05, 3.63) is 34.9 Å². The van der Waals surface area contributed by atoms with Crippen LogP contribution in [-0.2, 0) is 20.9 Å². The first-order valence-electron chi connectivity index (χ1n) is 9.00. The fraction of sp³-hybridized carbons (Fsp3) is 0.526. The number of halogens is 1. The van der Waals surface area contributed by atoms with E-state index in [1.807, 2.05) is 18.2 Å². The van der Waals surface area contributed by atoms with E-state index in [0.717, 1.165) is 5.56 Å². The zero-order valence-electron chi connectivity index (χ0n) is 16.0. The molecule has 0 radical (unpaired) electrons. The van der Waals surface area contributed by atoms with Crippen molar-refractivity contribution in [2.24, 2.45) is 5.41 Å². The fourth-order valence-electron chi connectivity index (χ4n) is 2.84. The maximum atomic E-state index is 12.8. The highest BCUT2D eigenvalue weighted by Gasteiger charge is 2.40. The highest BCUT2D eigenvalue weighted by molar-refractivity contribution is 6.31. The van der Waals surface area contributed by atoms with Crippen molar-refractivity contribution in [1.82, 2.24) is 15.1 Å². The van der Waals surface area contributed by atoms with Gasteiger partial charge in [-0.2, -0.15) is 0 Å². The predicted molar refractivity (Wildman–Crippen MR) is 102 cm³/mol. The van der Waals surface area contributed by atoms with E-state index >= 15 is 0 Å². The molecule has 1 aromatic carbocycles. The van der Waals surface area contributed by atoms with Crippen molar-refractivity contribution in [1.29, 1.82) is 0 Å². The molecule has 148 valence electrons. The molecule has 1 aliphatic rings. The normalized spacial score (nSPS) is 14.7. The number of carbonyl (C=O) groups is 3. The summed E-state index contributed by atoms with van der Waals surface area (Å²) in [5, 5.41) is 3.36. The summed E-state index contributed by atoms with van der Waals surface area (Å²) in [5.74, 6) is -0.622. The van der Waals surface area contributed by atoms with Crippen molar-refractivity contribution in [3.8, 4) is 0 Å². The molecule has 1 fully saturated rings. The van der Waals surface area contributed by atoms with Gasteiger partial charge in [0.05, 0.1) is 6.61 Å². The van der Waals surface area contributed by atoms with Gasteiger partial charge in [0.1, 0.15) is 5.41 Å². The van der Waals surface area contributed by atoms with Crippen LogP contribution in [0.25, 0.3) is 0 Å². The summed E-state index contributed by atoms with van der Waals surface area (Å²) in [4.78, 5) is 40.4. The third kappa shape index (κ3) is 5.13. The molecule has 1 N–H and O–H groups in total. The Morgan fingerprint density at radius 3 is 2.30 bits per heavy atom. The Bertz CT molecular complexity index is 700. The van der Waals surface area contributed by atoms with Crippen LogP contribution >= 0.6 is 11.6 Å². The molecule has 0 aromatic heterocycles. The minimum atomic E-state index is -1.21. The second-order valence-electron chi connectivity index (χ2n) is 6.88. The molecule has 1 saturated heterocycles. The van der Waals surface area contributed by atoms with Crippen LogP contribution < -0.4 is 5.32 Å². The van der Waals surface area contributed by atoms with E-state index in [9.17, 15) is 14.4 Å². The van der Waals surface area contributed by atoms with Gasteiger partial charge in [-0.3, -0.25) is 9.59 Å². The molecule has 8 heteroatoms. The van der Waals surface area contributed by atoms with Gasteiger partial charge in [0.15, 0.2) is 0 Å². The van der Waals surface area contributed by atoms with Crippen LogP contribution in [0.5, 0.6) is 0 Å². The number of hydrogen-bond acceptors (Lipinski definition) is 4. The second-order valence-corrected chi connectivity index (χ2v) is 7.28. The number of carbonyl (C=O) groups excluding carboxylic acids is 3. The van der Waals surface area contributed by atoms with E-state index in [-0.39, 0.29) is 24.5 Å². The van der Waals surface area contributed by atoms with Crippen LogP contribution in [0.4, 0.5) is 4.79 Å². The van der Waals surface area contributed by atoms with Crippen LogP contribution in [0.3, 0.4) is 0 Å². The Morgan fingerprint density at radius 2 is 1.70 bits per heavy atom. The molecule has 2 rings (SSSR count). The monoisotopic (exact) mass is 395 g/mol. The average Bonchev–Trinajstić information content (AvgIpc) is 2.66. The van der Waals surface area contributed by atoms with E-state index < -0.39 is 5.41 Å². The summed E-state index contributed by atoms with van der Waals surface area (Å²) >= 11 is 6.10. The highest BCUT2D eigenvalue weighted by atomic mass is 35.5. The number of nitrogens with zero attached hydrogens (tertiary/aromatic N) is 2. The third-order valence-electron chi connectivity index (χ3n) is 4.59. The van der Waals surface area contributed by atoms with Gasteiger partial charge in [0.2, 0.25) is 11.8 Å². The van der Waals surface area contributed by atoms with E-state index in [4.69, 9.17) is 16.3 Å². The lowest BCUT2D eigenvalue weighted by molar-refractivity contribution is -0.149. The molecule has 0 bridgehead atoms. The van der Waals surface area contributed by atoms with Gasteiger partial charge >= 0.3 is 6.09 Å². The lowest BCUT2D eigenvalue weighted by atomic mass is 9.90. The molecule has 0 unspecified atom stereocenters. The number of hydrogen-bond donors (Lipinski definition) is 1. The molecule has 3 amide bonds. The zero-order valence-corrected chi connectivity index (χ0v) is 16.7. The minimum absolute atomic E-state index is 0.256. The van der Waals surface area contributed by atoms with Crippen molar-refractivity contribution >= 4 is 29.5 Å². The lowest BCUT2D eigenvalue weighted by Gasteiger charge is -2.37. The first kappa shape index (κ1) is 21.0. The summed E-state index contributed by atoms with van der Waals surface area (Å²) in [7, 11) is 0. The molecular weight excluding hydrogens is 370 g/mol. The molecule has 0 spiro atoms. The van der Waals surface area contributed by atoms with Gasteiger partial charge in [-0.15, -0.1) is 0 Å². The van der Waals surface area contributed by atoms with Gasteiger partial charge < -0.3 is 19.9 Å². The summed E-state index contributed by atoms with van der Waals surface area (Å²) in [6.07, 6.45) is -0.374. The lowest BCUT2D eigenvalue weighted by Crippen LogP contribution is -2.56. The highest BCUT2D eigenvalue weighted by Crippen LogP contribution is 2.22. The smallest absolute Gasteiger partial charge is 0.409 e. The van der Waals surface area contributed by atoms with Gasteiger partial charge in [-0.1, -0.05) is 29.8 Å². The van der Waals surface area contributed by atoms with E-state index in [2.05, 4.69) is 5.32 Å². The van der Waals surface area contributed by atoms with Gasteiger partial charge in [-0.05, 0) is 32.4 Å². The third-order valence-corrected chi connectivity index (χ3v) is 4.96. The van der Waals surface area contributed by atoms with E-state index in [1.54, 1.807) is 36.6 Å². The van der Waals surface area contributed by atoms with Crippen LogP contribution in [0.1, 0.15) is 26.3 Å². The molecule has 1 aliphatic heterocycles. The van der Waals surface area contributed by atoms with Crippen LogP contribution in [0.15, 0.2) is 24.3 Å². The topological polar surface area (TPSA) is 79.0 Å². The molecular formula is C19H26ClN3O4. The van der Waals surface area contributed by atoms with Crippen LogP contribution in [0.2, 0.25) is 5.02 Å². The quantitative estimate of drug-likeness (QED) is 0.776. The first-order valence-corrected chi connectivity index (χ1v) is 9.38. The van der Waals surface area contributed by atoms with Crippen molar-refractivity contribution < 1.29 is 19.1 Å². The van der Waals surface area contributed by atoms with Gasteiger partial charge in [0, 0.05) is 37.7 Å². The van der Waals surface area contributed by atoms with E-state index in [0.29, 0.717) is 37.8 Å². The maximum absolute atomic E-state index is 12.8. The van der Waals surface area contributed by atoms with Crippen LogP contribution in [0, 0.1) is 5.41 Å². The SMILES string of the molecule is CCOC(=O)N1CCN(C(=O)C(C)(C)C(=O)NCc2ccccc2Cl)CC1. The number of benzene rings is 1. The number of piperazine rings is 1. The van der Waals surface area contributed by atoms with Crippen molar-refractivity contribution in [3.63, 3.8) is 0 Å². The number of ether oxygens (including phenoxy) is 1. The maximum Gasteiger partial charge on any atom is 0.409 e. The molecule has 0 aliphatic carbocycles. The van der Waals surface area contributed by atoms with Gasteiger partial charge in [0.25, 0.3) is 0 Å². The van der Waals surface area contributed by atoms with Gasteiger partial charge in [-0.25, -0.2) is 4.79 Å². The van der Waals surface area contributed by atoms with Crippen molar-refractivity contribution in [2.45, 2.75) is 27.3 Å². The number of nitrogens with one attached hydrogen (secondary N) is 1. The number of amides is 3. The standard InChI is InChI=1S/C19H26ClN3O4/c1-4-27-18(26)23-11-9-22(10-12-23)17(25)19(2,3)16(24)21-13-14-7-5-6-8-15(14)20/h5-8H,4,9-13H2,1-3H3,(H,21,24). The first-order chi connectivity index (χ1) is 12.8. The largest absolute Gasteiger partial charge is 0.450 e. The Balaban J connectivity index is 1.91. The Hall–Kier alpha value is -2.28. The Kier molecular flexibility index (Phi) is 7.07. The predicted octanol–water partition coefficient (Wildman–Crippen LogP) is 2.28. The zero-order chi connectivity index (χ0) is 20.0. The number of rotatable bonds is 5. The summed E-state index contributed by atoms with van der Waals surface area (Å²) in [6, 6.07) is 7.23. The summed E-state index contributed by atoms with van der Waals surface area (Å²) in [6.45, 7) is 7.06. The molecule has 1 aromatic rings. The van der Waals surface area contributed by atoms with E-state index in [1.165, 1.54) is 0 Å². The molecule has 1 heterocycles. The molecule has 0 saturated carbocycles. The Labute approximate surface area is 164 Å². The minimum Gasteiger partial charge on any atom is -0.450 e. The molecule has 7 nitrogen and oxygen atoms in total. The fourth-order valence-corrected chi connectivity index (χ4v) is 3.04. The van der Waals surface area contributed by atoms with Crippen molar-refractivity contribution in [2.75, 3.05) is 32.8 Å². The average molecular weight is 396 g/mol. The molecule has 0 atom stereocenters. The Morgan fingerprint density at radius 1 is 1.11 bits per heavy atom. The summed E-state index contributed by atoms with van der Waals surface area (Å²) < 4.78 is 4.97. The summed E-state index contributed by atoms with van der Waals surface area (Å²) in [5.41, 5.74) is -0.424.